The van der Waals surface area contributed by atoms with E-state index in [4.69, 9.17) is 10.7 Å². The Morgan fingerprint density at radius 3 is 2.68 bits per heavy atom. The minimum atomic E-state index is 0.176. The van der Waals surface area contributed by atoms with Crippen LogP contribution in [0.4, 0.5) is 5.69 Å². The fraction of sp³-hybridized carbons (Fsp3) is 0.160. The normalized spacial score (nSPS) is 19.8. The van der Waals surface area contributed by atoms with Crippen molar-refractivity contribution in [3.63, 3.8) is 0 Å². The second-order valence-corrected chi connectivity index (χ2v) is 7.94. The molecule has 1 aliphatic heterocycles. The number of rotatable bonds is 1. The molecule has 136 valence electrons. The highest BCUT2D eigenvalue weighted by Gasteiger charge is 2.39. The van der Waals surface area contributed by atoms with Crippen molar-refractivity contribution >= 4 is 22.3 Å². The number of aromatic amines is 1. The molecule has 1 aromatic heterocycles. The molecule has 0 saturated carbocycles. The predicted molar refractivity (Wildman–Crippen MR) is 116 cm³/mol. The van der Waals surface area contributed by atoms with Gasteiger partial charge in [0.2, 0.25) is 0 Å². The van der Waals surface area contributed by atoms with Crippen LogP contribution >= 0.6 is 0 Å². The highest BCUT2D eigenvalue weighted by molar-refractivity contribution is 6.13. The zero-order chi connectivity index (χ0) is 18.8. The van der Waals surface area contributed by atoms with E-state index >= 15 is 0 Å². The Morgan fingerprint density at radius 1 is 0.929 bits per heavy atom. The Balaban J connectivity index is 1.56. The van der Waals surface area contributed by atoms with Crippen molar-refractivity contribution < 1.29 is 0 Å². The van der Waals surface area contributed by atoms with Gasteiger partial charge in [-0.15, -0.1) is 0 Å². The van der Waals surface area contributed by atoms with Crippen molar-refractivity contribution in [1.29, 1.82) is 0 Å². The molecule has 6 rings (SSSR count). The van der Waals surface area contributed by atoms with Crippen LogP contribution in [-0.4, -0.2) is 10.7 Å². The van der Waals surface area contributed by atoms with Crippen molar-refractivity contribution in [2.24, 2.45) is 4.99 Å². The molecular formula is C25H21N3. The summed E-state index contributed by atoms with van der Waals surface area (Å²) in [6.07, 6.45) is 0.957. The number of aliphatic imine (C=N–C) groups is 1. The van der Waals surface area contributed by atoms with Crippen molar-refractivity contribution in [3.8, 4) is 11.1 Å². The number of aryl methyl sites for hydroxylation is 1. The highest BCUT2D eigenvalue weighted by Crippen LogP contribution is 2.53. The van der Waals surface area contributed by atoms with E-state index in [2.05, 4.69) is 72.6 Å². The molecule has 3 heteroatoms. The summed E-state index contributed by atoms with van der Waals surface area (Å²) in [5.41, 5.74) is 17.0. The lowest BCUT2D eigenvalue weighted by Gasteiger charge is -2.29. The molecule has 3 N–H and O–H groups in total. The van der Waals surface area contributed by atoms with Crippen molar-refractivity contribution in [1.82, 2.24) is 4.98 Å². The number of hydrogen-bond donors (Lipinski definition) is 2. The number of nitrogens with zero attached hydrogens (tertiary/aromatic N) is 1. The minimum absolute atomic E-state index is 0.176. The van der Waals surface area contributed by atoms with Crippen LogP contribution < -0.4 is 5.73 Å². The average molecular weight is 363 g/mol. The van der Waals surface area contributed by atoms with Crippen LogP contribution in [0, 0.1) is 6.92 Å². The van der Waals surface area contributed by atoms with E-state index in [1.807, 2.05) is 6.07 Å². The van der Waals surface area contributed by atoms with E-state index in [0.717, 1.165) is 12.1 Å². The SMILES string of the molecule is Cc1[nH]c2ccccc2c1C1=NC2c3ccccc3-c3cc(N)ccc3C2C1. The lowest BCUT2D eigenvalue weighted by Crippen LogP contribution is -2.13. The van der Waals surface area contributed by atoms with Gasteiger partial charge in [-0.25, -0.2) is 0 Å². The number of anilines is 1. The molecule has 2 unspecified atom stereocenters. The third kappa shape index (κ3) is 2.07. The van der Waals surface area contributed by atoms with Crippen molar-refractivity contribution in [2.45, 2.75) is 25.3 Å². The quantitative estimate of drug-likeness (QED) is 0.415. The van der Waals surface area contributed by atoms with Crippen LogP contribution in [0.1, 0.15) is 40.8 Å². The Labute approximate surface area is 163 Å². The predicted octanol–water partition coefficient (Wildman–Crippen LogP) is 5.76. The molecule has 0 spiro atoms. The van der Waals surface area contributed by atoms with E-state index in [0.29, 0.717) is 5.92 Å². The average Bonchev–Trinajstić information content (AvgIpc) is 3.28. The van der Waals surface area contributed by atoms with E-state index in [9.17, 15) is 0 Å². The summed E-state index contributed by atoms with van der Waals surface area (Å²) in [5, 5.41) is 1.27. The number of H-pyrrole nitrogens is 1. The summed E-state index contributed by atoms with van der Waals surface area (Å²) >= 11 is 0. The smallest absolute Gasteiger partial charge is 0.0830 e. The van der Waals surface area contributed by atoms with Gasteiger partial charge in [0, 0.05) is 39.5 Å². The first-order valence-electron chi connectivity index (χ1n) is 9.84. The molecule has 2 aliphatic rings. The van der Waals surface area contributed by atoms with Gasteiger partial charge in [-0.05, 0) is 53.8 Å². The number of aromatic nitrogens is 1. The molecule has 0 amide bonds. The molecule has 4 aromatic rings. The first-order chi connectivity index (χ1) is 13.7. The number of nitrogens with one attached hydrogen (secondary N) is 1. The second-order valence-electron chi connectivity index (χ2n) is 7.94. The number of nitrogen functional groups attached to an aromatic ring is 1. The molecule has 0 saturated heterocycles. The monoisotopic (exact) mass is 363 g/mol. The Hall–Kier alpha value is -3.33. The van der Waals surface area contributed by atoms with Crippen LogP contribution in [0.2, 0.25) is 0 Å². The summed E-state index contributed by atoms with van der Waals surface area (Å²) in [6.45, 7) is 2.16. The van der Waals surface area contributed by atoms with Gasteiger partial charge >= 0.3 is 0 Å². The van der Waals surface area contributed by atoms with Gasteiger partial charge in [0.1, 0.15) is 0 Å². The minimum Gasteiger partial charge on any atom is -0.399 e. The van der Waals surface area contributed by atoms with Gasteiger partial charge in [-0.1, -0.05) is 48.5 Å². The first kappa shape index (κ1) is 15.7. The molecule has 1 aliphatic carbocycles. The summed E-state index contributed by atoms with van der Waals surface area (Å²) in [7, 11) is 0. The fourth-order valence-electron chi connectivity index (χ4n) is 5.14. The second kappa shape index (κ2) is 5.59. The Bertz CT molecular complexity index is 1280. The van der Waals surface area contributed by atoms with Gasteiger partial charge in [-0.3, -0.25) is 4.99 Å². The number of fused-ring (bicyclic) bond motifs is 7. The molecule has 0 fully saturated rings. The maximum atomic E-state index is 6.13. The molecule has 2 heterocycles. The lowest BCUT2D eigenvalue weighted by atomic mass is 9.75. The number of hydrogen-bond acceptors (Lipinski definition) is 2. The van der Waals surface area contributed by atoms with E-state index < -0.39 is 0 Å². The van der Waals surface area contributed by atoms with Gasteiger partial charge in [-0.2, -0.15) is 0 Å². The van der Waals surface area contributed by atoms with E-state index in [-0.39, 0.29) is 6.04 Å². The maximum absolute atomic E-state index is 6.13. The van der Waals surface area contributed by atoms with Gasteiger partial charge in [0.05, 0.1) is 6.04 Å². The Morgan fingerprint density at radius 2 is 1.75 bits per heavy atom. The molecular weight excluding hydrogens is 342 g/mol. The maximum Gasteiger partial charge on any atom is 0.0830 e. The number of para-hydroxylation sites is 1. The summed E-state index contributed by atoms with van der Waals surface area (Å²) < 4.78 is 0. The van der Waals surface area contributed by atoms with Crippen LogP contribution in [0.25, 0.3) is 22.0 Å². The molecule has 2 atom stereocenters. The molecule has 3 nitrogen and oxygen atoms in total. The zero-order valence-corrected chi connectivity index (χ0v) is 15.7. The topological polar surface area (TPSA) is 54.2 Å². The van der Waals surface area contributed by atoms with Gasteiger partial charge in [0.25, 0.3) is 0 Å². The number of nitrogens with two attached hydrogens (primary N) is 1. The van der Waals surface area contributed by atoms with Crippen LogP contribution in [0.15, 0.2) is 71.7 Å². The van der Waals surface area contributed by atoms with Gasteiger partial charge < -0.3 is 10.7 Å². The Kier molecular flexibility index (Phi) is 3.13. The third-order valence-corrected chi connectivity index (χ3v) is 6.32. The largest absolute Gasteiger partial charge is 0.399 e. The summed E-state index contributed by atoms with van der Waals surface area (Å²) in [4.78, 5) is 8.83. The number of benzene rings is 3. The van der Waals surface area contributed by atoms with E-state index in [1.165, 1.54) is 50.1 Å². The summed E-state index contributed by atoms with van der Waals surface area (Å²) in [5.74, 6) is 0.369. The van der Waals surface area contributed by atoms with E-state index in [1.54, 1.807) is 0 Å². The first-order valence-corrected chi connectivity index (χ1v) is 9.84. The molecule has 28 heavy (non-hydrogen) atoms. The fourth-order valence-corrected chi connectivity index (χ4v) is 5.14. The third-order valence-electron chi connectivity index (χ3n) is 6.32. The molecule has 0 radical (unpaired) electrons. The van der Waals surface area contributed by atoms with Crippen LogP contribution in [-0.2, 0) is 0 Å². The van der Waals surface area contributed by atoms with Crippen LogP contribution in [0.3, 0.4) is 0 Å². The van der Waals surface area contributed by atoms with Gasteiger partial charge in [0.15, 0.2) is 0 Å². The summed E-state index contributed by atoms with van der Waals surface area (Å²) in [6, 6.07) is 23.7. The highest BCUT2D eigenvalue weighted by atomic mass is 14.9. The standard InChI is InChI=1S/C25H21N3/c1-14-24(19-8-4-5-9-22(19)27-14)23-13-21-17-11-10-15(26)12-20(17)16-6-2-3-7-18(16)25(21)28-23/h2-12,21,25,27H,13,26H2,1H3. The zero-order valence-electron chi connectivity index (χ0n) is 15.7. The molecule has 0 bridgehead atoms. The lowest BCUT2D eigenvalue weighted by molar-refractivity contribution is 0.607. The molecule has 3 aromatic carbocycles. The van der Waals surface area contributed by atoms with Crippen LogP contribution in [0.5, 0.6) is 0 Å². The van der Waals surface area contributed by atoms with Crippen molar-refractivity contribution in [3.05, 3.63) is 89.1 Å². The van der Waals surface area contributed by atoms with Crippen molar-refractivity contribution in [2.75, 3.05) is 5.73 Å².